The first-order chi connectivity index (χ1) is 5.77. The molecule has 0 aliphatic heterocycles. The van der Waals surface area contributed by atoms with Gasteiger partial charge in [0, 0.05) is 6.42 Å². The molecule has 0 spiro atoms. The average Bonchev–Trinajstić information content (AvgIpc) is 2.05. The zero-order valence-electron chi connectivity index (χ0n) is 7.69. The molecule has 0 saturated heterocycles. The lowest BCUT2D eigenvalue weighted by Gasteiger charge is -2.15. The summed E-state index contributed by atoms with van der Waals surface area (Å²) in [7, 11) is 1.68. The van der Waals surface area contributed by atoms with Crippen LogP contribution in [0.1, 0.15) is 32.6 Å². The number of halogens is 1. The molecule has 0 bridgehead atoms. The van der Waals surface area contributed by atoms with Gasteiger partial charge in [-0.05, 0) is 18.9 Å². The fourth-order valence-corrected chi connectivity index (χ4v) is 1.77. The van der Waals surface area contributed by atoms with E-state index in [1.807, 2.05) is 6.08 Å². The minimum Gasteiger partial charge on any atom is -0.500 e. The predicted octanol–water partition coefficient (Wildman–Crippen LogP) is 3.60. The Labute approximate surface area is 79.1 Å². The van der Waals surface area contributed by atoms with Crippen LogP contribution in [0.25, 0.3) is 0 Å². The number of rotatable bonds is 3. The van der Waals surface area contributed by atoms with E-state index in [-0.39, 0.29) is 0 Å². The number of methoxy groups -OCH3 is 1. The van der Waals surface area contributed by atoms with Crippen molar-refractivity contribution in [2.75, 3.05) is 7.11 Å². The van der Waals surface area contributed by atoms with Crippen LogP contribution in [0.3, 0.4) is 0 Å². The van der Waals surface area contributed by atoms with Crippen LogP contribution in [0.2, 0.25) is 0 Å². The van der Waals surface area contributed by atoms with Crippen molar-refractivity contribution in [2.45, 2.75) is 32.6 Å². The van der Waals surface area contributed by atoms with E-state index >= 15 is 0 Å². The van der Waals surface area contributed by atoms with Crippen LogP contribution in [0.15, 0.2) is 22.4 Å². The van der Waals surface area contributed by atoms with Gasteiger partial charge in [0.1, 0.15) is 5.76 Å². The minimum atomic E-state index is 0.784. The minimum absolute atomic E-state index is 0.784. The fraction of sp³-hybridized carbons (Fsp3) is 0.600. The Morgan fingerprint density at radius 1 is 1.50 bits per heavy atom. The molecule has 0 N–H and O–H groups in total. The van der Waals surface area contributed by atoms with Crippen LogP contribution in [-0.2, 0) is 4.74 Å². The van der Waals surface area contributed by atoms with E-state index in [1.54, 1.807) is 7.11 Å². The van der Waals surface area contributed by atoms with Gasteiger partial charge in [0.25, 0.3) is 0 Å². The van der Waals surface area contributed by atoms with Crippen LogP contribution in [0.5, 0.6) is 0 Å². The second-order valence-electron chi connectivity index (χ2n) is 3.03. The van der Waals surface area contributed by atoms with E-state index < -0.39 is 0 Å². The van der Waals surface area contributed by atoms with Crippen molar-refractivity contribution in [1.29, 1.82) is 0 Å². The first-order valence-electron chi connectivity index (χ1n) is 4.40. The highest BCUT2D eigenvalue weighted by Crippen LogP contribution is 2.28. The van der Waals surface area contributed by atoms with E-state index in [1.165, 1.54) is 12.0 Å². The Morgan fingerprint density at radius 2 is 2.25 bits per heavy atom. The summed E-state index contributed by atoms with van der Waals surface area (Å²) in [5.74, 6) is 0.927. The van der Waals surface area contributed by atoms with Crippen molar-refractivity contribution in [2.24, 2.45) is 0 Å². The molecule has 2 heteroatoms. The van der Waals surface area contributed by atoms with Gasteiger partial charge in [0.2, 0.25) is 0 Å². The van der Waals surface area contributed by atoms with Crippen molar-refractivity contribution in [3.8, 4) is 0 Å². The maximum absolute atomic E-state index is 5.99. The van der Waals surface area contributed by atoms with Gasteiger partial charge in [-0.1, -0.05) is 30.5 Å². The highest BCUT2D eigenvalue weighted by Gasteiger charge is 2.11. The summed E-state index contributed by atoms with van der Waals surface area (Å²) in [6.07, 6.45) is 6.47. The third kappa shape index (κ3) is 2.28. The van der Waals surface area contributed by atoms with Gasteiger partial charge in [0.15, 0.2) is 0 Å². The summed E-state index contributed by atoms with van der Waals surface area (Å²) in [5.41, 5.74) is 1.45. The van der Waals surface area contributed by atoms with Crippen LogP contribution < -0.4 is 0 Å². The molecule has 0 saturated carbocycles. The van der Waals surface area contributed by atoms with E-state index in [0.717, 1.165) is 30.1 Å². The van der Waals surface area contributed by atoms with E-state index in [2.05, 4.69) is 6.92 Å². The molecule has 0 aromatic heterocycles. The molecule has 68 valence electrons. The zero-order valence-corrected chi connectivity index (χ0v) is 8.45. The van der Waals surface area contributed by atoms with Gasteiger partial charge < -0.3 is 4.74 Å². The lowest BCUT2D eigenvalue weighted by Crippen LogP contribution is -1.98. The van der Waals surface area contributed by atoms with Crippen molar-refractivity contribution in [3.05, 3.63) is 22.4 Å². The van der Waals surface area contributed by atoms with E-state index in [9.17, 15) is 0 Å². The van der Waals surface area contributed by atoms with Gasteiger partial charge >= 0.3 is 0 Å². The van der Waals surface area contributed by atoms with Gasteiger partial charge in [-0.3, -0.25) is 0 Å². The molecule has 12 heavy (non-hydrogen) atoms. The molecule has 1 nitrogen and oxygen atoms in total. The highest BCUT2D eigenvalue weighted by molar-refractivity contribution is 6.31. The normalized spacial score (nSPS) is 17.8. The lowest BCUT2D eigenvalue weighted by atomic mass is 10.00. The molecular formula is C10H15ClO. The fourth-order valence-electron chi connectivity index (χ4n) is 1.44. The monoisotopic (exact) mass is 186 g/mol. The molecule has 0 atom stereocenters. The van der Waals surface area contributed by atoms with Gasteiger partial charge in [-0.25, -0.2) is 0 Å². The Kier molecular flexibility index (Phi) is 3.67. The number of hydrogen-bond donors (Lipinski definition) is 0. The van der Waals surface area contributed by atoms with Crippen molar-refractivity contribution in [3.63, 3.8) is 0 Å². The summed E-state index contributed by atoms with van der Waals surface area (Å²) in [4.78, 5) is 0. The van der Waals surface area contributed by atoms with Gasteiger partial charge in [-0.2, -0.15) is 0 Å². The third-order valence-electron chi connectivity index (χ3n) is 2.09. The van der Waals surface area contributed by atoms with Crippen molar-refractivity contribution in [1.82, 2.24) is 0 Å². The maximum atomic E-state index is 5.99. The number of allylic oxidation sites excluding steroid dienone is 4. The second kappa shape index (κ2) is 4.56. The molecular weight excluding hydrogens is 172 g/mol. The summed E-state index contributed by atoms with van der Waals surface area (Å²) >= 11 is 5.99. The summed E-state index contributed by atoms with van der Waals surface area (Å²) < 4.78 is 5.13. The Hall–Kier alpha value is -0.430. The zero-order chi connectivity index (χ0) is 8.97. The van der Waals surface area contributed by atoms with Crippen LogP contribution in [0, 0.1) is 0 Å². The third-order valence-corrected chi connectivity index (χ3v) is 2.41. The smallest absolute Gasteiger partial charge is 0.114 e. The average molecular weight is 187 g/mol. The predicted molar refractivity (Wildman–Crippen MR) is 52.1 cm³/mol. The molecule has 0 radical (unpaired) electrons. The molecule has 0 aromatic carbocycles. The van der Waals surface area contributed by atoms with Gasteiger partial charge in [0.05, 0.1) is 12.1 Å². The summed E-state index contributed by atoms with van der Waals surface area (Å²) in [6, 6.07) is 0. The molecule has 1 rings (SSSR count). The molecule has 0 unspecified atom stereocenters. The largest absolute Gasteiger partial charge is 0.500 e. The van der Waals surface area contributed by atoms with Crippen molar-refractivity contribution < 1.29 is 4.74 Å². The number of hydrogen-bond acceptors (Lipinski definition) is 1. The molecule has 0 aromatic rings. The quantitative estimate of drug-likeness (QED) is 0.655. The Morgan fingerprint density at radius 3 is 2.75 bits per heavy atom. The van der Waals surface area contributed by atoms with Crippen LogP contribution in [-0.4, -0.2) is 7.11 Å². The van der Waals surface area contributed by atoms with Crippen LogP contribution >= 0.6 is 11.6 Å². The molecule has 1 aliphatic rings. The lowest BCUT2D eigenvalue weighted by molar-refractivity contribution is 0.274. The standard InChI is InChI=1S/C10H15ClO/c1-3-4-8-5-6-10(12-2)9(11)7-8/h7H,3-6H2,1-2H3. The SMILES string of the molecule is CCCC1=CC(Cl)=C(OC)CC1. The summed E-state index contributed by atoms with van der Waals surface area (Å²) in [5, 5.41) is 0.784. The second-order valence-corrected chi connectivity index (χ2v) is 3.44. The first kappa shape index (κ1) is 9.66. The Balaban J connectivity index is 2.67. The maximum Gasteiger partial charge on any atom is 0.114 e. The topological polar surface area (TPSA) is 9.23 Å². The molecule has 1 aliphatic carbocycles. The van der Waals surface area contributed by atoms with Crippen LogP contribution in [0.4, 0.5) is 0 Å². The Bertz CT molecular complexity index is 216. The molecule has 0 heterocycles. The van der Waals surface area contributed by atoms with E-state index in [0.29, 0.717) is 0 Å². The first-order valence-corrected chi connectivity index (χ1v) is 4.77. The molecule has 0 amide bonds. The molecule has 0 fully saturated rings. The summed E-state index contributed by atoms with van der Waals surface area (Å²) in [6.45, 7) is 2.18. The number of ether oxygens (including phenoxy) is 1. The van der Waals surface area contributed by atoms with Crippen molar-refractivity contribution >= 4 is 11.6 Å². The highest BCUT2D eigenvalue weighted by atomic mass is 35.5. The van der Waals surface area contributed by atoms with E-state index in [4.69, 9.17) is 16.3 Å². The van der Waals surface area contributed by atoms with Gasteiger partial charge in [-0.15, -0.1) is 0 Å².